The molecule has 0 spiro atoms. The summed E-state index contributed by atoms with van der Waals surface area (Å²) in [7, 11) is 0. The number of carboxylic acids is 1. The molecule has 0 radical (unpaired) electrons. The number of aliphatic hydroxyl groups is 1. The normalized spacial score (nSPS) is 14.0. The molecule has 7 heteroatoms. The molecule has 0 aliphatic rings. The maximum Gasteiger partial charge on any atom is 0.341 e. The highest BCUT2D eigenvalue weighted by atomic mass is 32.2. The number of aromatic carboxylic acids is 1. The van der Waals surface area contributed by atoms with Crippen molar-refractivity contribution in [3.8, 4) is 0 Å². The summed E-state index contributed by atoms with van der Waals surface area (Å²) in [5.74, 6) is 0.164. The van der Waals surface area contributed by atoms with E-state index in [0.717, 1.165) is 0 Å². The highest BCUT2D eigenvalue weighted by Crippen LogP contribution is 2.15. The topological polar surface area (TPSA) is 95.3 Å². The van der Waals surface area contributed by atoms with Crippen molar-refractivity contribution >= 4 is 23.5 Å². The molecular formula is C11H17N3O3S. The van der Waals surface area contributed by atoms with Gasteiger partial charge >= 0.3 is 5.97 Å². The molecule has 18 heavy (non-hydrogen) atoms. The van der Waals surface area contributed by atoms with Crippen molar-refractivity contribution in [1.82, 2.24) is 9.97 Å². The zero-order valence-electron chi connectivity index (χ0n) is 10.6. The van der Waals surface area contributed by atoms with E-state index in [0.29, 0.717) is 11.6 Å². The van der Waals surface area contributed by atoms with Gasteiger partial charge in [0.25, 0.3) is 0 Å². The Labute approximate surface area is 110 Å². The molecule has 0 saturated carbocycles. The van der Waals surface area contributed by atoms with Gasteiger partial charge in [0.15, 0.2) is 0 Å². The molecule has 1 aromatic rings. The summed E-state index contributed by atoms with van der Waals surface area (Å²) < 4.78 is 0. The molecule has 0 bridgehead atoms. The lowest BCUT2D eigenvalue weighted by Crippen LogP contribution is -2.36. The van der Waals surface area contributed by atoms with E-state index < -0.39 is 11.6 Å². The van der Waals surface area contributed by atoms with Gasteiger partial charge in [-0.1, -0.05) is 0 Å². The van der Waals surface area contributed by atoms with E-state index in [2.05, 4.69) is 15.3 Å². The van der Waals surface area contributed by atoms with Crippen LogP contribution in [0, 0.1) is 6.92 Å². The van der Waals surface area contributed by atoms with Gasteiger partial charge in [0, 0.05) is 18.5 Å². The zero-order valence-corrected chi connectivity index (χ0v) is 11.4. The molecule has 1 rings (SSSR count). The molecule has 3 N–H and O–H groups in total. The van der Waals surface area contributed by atoms with Crippen LogP contribution in [0.5, 0.6) is 0 Å². The van der Waals surface area contributed by atoms with Crippen LogP contribution >= 0.6 is 11.8 Å². The van der Waals surface area contributed by atoms with Crippen LogP contribution in [0.3, 0.4) is 0 Å². The van der Waals surface area contributed by atoms with Gasteiger partial charge in [-0.2, -0.15) is 11.8 Å². The summed E-state index contributed by atoms with van der Waals surface area (Å²) in [6.45, 7) is 3.59. The van der Waals surface area contributed by atoms with Crippen LogP contribution in [0.1, 0.15) is 23.1 Å². The second kappa shape index (κ2) is 6.01. The zero-order chi connectivity index (χ0) is 13.8. The number of hydrogen-bond donors (Lipinski definition) is 3. The van der Waals surface area contributed by atoms with Gasteiger partial charge < -0.3 is 15.5 Å². The van der Waals surface area contributed by atoms with Crippen molar-refractivity contribution in [2.45, 2.75) is 19.4 Å². The highest BCUT2D eigenvalue weighted by molar-refractivity contribution is 7.98. The summed E-state index contributed by atoms with van der Waals surface area (Å²) in [6, 6.07) is 0. The first-order valence-electron chi connectivity index (χ1n) is 5.38. The first kappa shape index (κ1) is 14.7. The van der Waals surface area contributed by atoms with Gasteiger partial charge in [-0.3, -0.25) is 0 Å². The Morgan fingerprint density at radius 3 is 2.83 bits per heavy atom. The molecular weight excluding hydrogens is 254 g/mol. The Balaban J connectivity index is 2.83. The second-order valence-corrected chi connectivity index (χ2v) is 5.13. The number of nitrogens with zero attached hydrogens (tertiary/aromatic N) is 2. The molecule has 0 fully saturated rings. The summed E-state index contributed by atoms with van der Waals surface area (Å²) in [5.41, 5.74) is -0.922. The van der Waals surface area contributed by atoms with Crippen LogP contribution in [0.15, 0.2) is 6.20 Å². The van der Waals surface area contributed by atoms with E-state index in [1.165, 1.54) is 18.0 Å². The first-order chi connectivity index (χ1) is 8.35. The van der Waals surface area contributed by atoms with Crippen molar-refractivity contribution in [1.29, 1.82) is 0 Å². The molecule has 0 aliphatic heterocycles. The molecule has 0 aromatic carbocycles. The maximum atomic E-state index is 11.0. The van der Waals surface area contributed by atoms with E-state index in [4.69, 9.17) is 5.11 Å². The number of aryl methyl sites for hydroxylation is 1. The quantitative estimate of drug-likeness (QED) is 0.710. The minimum Gasteiger partial charge on any atom is -0.477 e. The van der Waals surface area contributed by atoms with E-state index in [-0.39, 0.29) is 17.9 Å². The lowest BCUT2D eigenvalue weighted by atomic mass is 10.1. The number of rotatable bonds is 6. The number of carboxylic acid groups (broad SMARTS) is 1. The van der Waals surface area contributed by atoms with Crippen molar-refractivity contribution in [3.05, 3.63) is 17.6 Å². The van der Waals surface area contributed by atoms with Crippen LogP contribution in [0.2, 0.25) is 0 Å². The van der Waals surface area contributed by atoms with Gasteiger partial charge in [0.05, 0.1) is 5.60 Å². The number of carbonyl (C=O) groups is 1. The SMILES string of the molecule is CSCC(C)(O)CNc1nc(C)ncc1C(=O)O. The third-order valence-corrected chi connectivity index (χ3v) is 3.14. The van der Waals surface area contributed by atoms with Gasteiger partial charge in [0.1, 0.15) is 17.2 Å². The fourth-order valence-corrected chi connectivity index (χ4v) is 2.12. The molecule has 1 heterocycles. The largest absolute Gasteiger partial charge is 0.477 e. The molecule has 0 amide bonds. The minimum absolute atomic E-state index is 0.000511. The Morgan fingerprint density at radius 1 is 1.61 bits per heavy atom. The minimum atomic E-state index is -1.10. The summed E-state index contributed by atoms with van der Waals surface area (Å²) in [5, 5.41) is 21.9. The third-order valence-electron chi connectivity index (χ3n) is 2.23. The average molecular weight is 271 g/mol. The van der Waals surface area contributed by atoms with Crippen LogP contribution in [0.25, 0.3) is 0 Å². The van der Waals surface area contributed by atoms with Gasteiger partial charge in [-0.05, 0) is 20.1 Å². The Hall–Kier alpha value is -1.34. The highest BCUT2D eigenvalue weighted by Gasteiger charge is 2.21. The molecule has 1 atom stereocenters. The van der Waals surface area contributed by atoms with Crippen LogP contribution in [-0.2, 0) is 0 Å². The van der Waals surface area contributed by atoms with Gasteiger partial charge in [-0.25, -0.2) is 14.8 Å². The van der Waals surface area contributed by atoms with Crippen molar-refractivity contribution in [2.24, 2.45) is 0 Å². The van der Waals surface area contributed by atoms with E-state index in [1.807, 2.05) is 6.26 Å². The smallest absolute Gasteiger partial charge is 0.341 e. The number of nitrogens with one attached hydrogen (secondary N) is 1. The van der Waals surface area contributed by atoms with Crippen molar-refractivity contribution in [3.63, 3.8) is 0 Å². The Bertz CT molecular complexity index is 438. The van der Waals surface area contributed by atoms with Crippen LogP contribution in [-0.4, -0.2) is 50.3 Å². The van der Waals surface area contributed by atoms with Crippen LogP contribution in [0.4, 0.5) is 5.82 Å². The van der Waals surface area contributed by atoms with E-state index in [9.17, 15) is 9.90 Å². The molecule has 1 unspecified atom stereocenters. The summed E-state index contributed by atoms with van der Waals surface area (Å²) in [4.78, 5) is 18.9. The molecule has 100 valence electrons. The lowest BCUT2D eigenvalue weighted by Gasteiger charge is -2.23. The third kappa shape index (κ3) is 4.15. The fraction of sp³-hybridized carbons (Fsp3) is 0.545. The predicted octanol–water partition coefficient (Wildman–Crippen LogP) is 1.01. The van der Waals surface area contributed by atoms with Crippen molar-refractivity contribution < 1.29 is 15.0 Å². The van der Waals surface area contributed by atoms with E-state index in [1.54, 1.807) is 13.8 Å². The molecule has 1 aromatic heterocycles. The number of thioether (sulfide) groups is 1. The fourth-order valence-electron chi connectivity index (χ4n) is 1.40. The lowest BCUT2D eigenvalue weighted by molar-refractivity contribution is 0.0695. The standard InChI is InChI=1S/C11H17N3O3S/c1-7-12-4-8(10(15)16)9(14-7)13-5-11(2,17)6-18-3/h4,17H,5-6H2,1-3H3,(H,15,16)(H,12,13,14). The number of hydrogen-bond acceptors (Lipinski definition) is 6. The van der Waals surface area contributed by atoms with E-state index >= 15 is 0 Å². The predicted molar refractivity (Wildman–Crippen MR) is 71.2 cm³/mol. The Kier molecular flexibility index (Phi) is 4.92. The summed E-state index contributed by atoms with van der Waals surface area (Å²) in [6.07, 6.45) is 3.16. The molecule has 0 aliphatic carbocycles. The summed E-state index contributed by atoms with van der Waals surface area (Å²) >= 11 is 1.52. The molecule has 0 saturated heterocycles. The van der Waals surface area contributed by atoms with Crippen molar-refractivity contribution in [2.75, 3.05) is 23.9 Å². The van der Waals surface area contributed by atoms with Crippen LogP contribution < -0.4 is 5.32 Å². The maximum absolute atomic E-state index is 11.0. The Morgan fingerprint density at radius 2 is 2.28 bits per heavy atom. The number of anilines is 1. The monoisotopic (exact) mass is 271 g/mol. The number of aromatic nitrogens is 2. The van der Waals surface area contributed by atoms with Gasteiger partial charge in [-0.15, -0.1) is 0 Å². The average Bonchev–Trinajstić information content (AvgIpc) is 2.26. The van der Waals surface area contributed by atoms with Gasteiger partial charge in [0.2, 0.25) is 0 Å². The molecule has 6 nitrogen and oxygen atoms in total. The first-order valence-corrected chi connectivity index (χ1v) is 6.77. The second-order valence-electron chi connectivity index (χ2n) is 4.27.